The first-order valence-corrected chi connectivity index (χ1v) is 51.0. The lowest BCUT2D eigenvalue weighted by atomic mass is 9.91. The standard InChI is InChI=1S/2C10H19NO3.4C9H17NO3.C9H19NO2.2C8H15NO3.2C8H17NO2.C7H15NO2/c1-5-10(3,4)9(13)14-7-6-11-8(2)12;1-5-10(3,4)14-9(13)6-7-11-8(2)12;1-5-9(3,4)8(12)13-6-10-7(2)11;1-5-9(3,4)13-8(12)6-10-7(2)11;1-4-7(2)9(12)13-6-5-10-8(3)11;1-4-7(2)13-9(12)5-6-10-8(3)11;1-5-9(3,4)12-7-6-10-8(2)11;1-4-6(2)8(11)12-5-9-7(3)10;1-4-6(2)12-8(11)5-9-7(3)10;1-5-8(3,4)11-6-9-7(2)10;1-4-7(2)11-6-5-9-8(3)10;1-4-6(2)10-5-8-7(3)9/h2*5-7H2,1-4H3,(H,11,12);2*5-6H2,1-4H3,(H,10,11);2*7H,4-6H2,1-3H3,(H,10,11);5-7H2,1-4H3,(H,10,11);2*6H,4-5H2,1-3H3,(H,9,10);5-6H2,1-4H3,(H,9,10);7H,4-6H2,1-3H3,(H,9,10);6H,4-5H2,1-3H3,(H,8,9). The number of nitrogens with one attached hydrogen (secondary N) is 12. The predicted octanol–water partition coefficient (Wildman–Crippen LogP) is 11.4. The molecule has 12 amide bonds. The van der Waals surface area contributed by atoms with Crippen molar-refractivity contribution in [1.82, 2.24) is 63.8 Å². The van der Waals surface area contributed by atoms with Crippen molar-refractivity contribution in [1.29, 1.82) is 0 Å². The minimum absolute atomic E-state index is 0.00208. The summed E-state index contributed by atoms with van der Waals surface area (Å²) in [5, 5.41) is 30.1. The molecule has 0 spiro atoms. The van der Waals surface area contributed by atoms with E-state index in [1.54, 1.807) is 6.92 Å². The van der Waals surface area contributed by atoms with Crippen LogP contribution in [0.1, 0.15) is 381 Å². The lowest BCUT2D eigenvalue weighted by Crippen LogP contribution is -2.34. The molecule has 0 radical (unpaired) electrons. The van der Waals surface area contributed by atoms with Gasteiger partial charge in [0.2, 0.25) is 70.9 Å². The van der Waals surface area contributed by atoms with Crippen LogP contribution >= 0.6 is 0 Å². The molecular formula is C104H204N12O32. The van der Waals surface area contributed by atoms with Gasteiger partial charge in [-0.3, -0.25) is 95.9 Å². The van der Waals surface area contributed by atoms with Gasteiger partial charge in [0.15, 0.2) is 13.5 Å². The summed E-state index contributed by atoms with van der Waals surface area (Å²) in [6.07, 6.45) is 10.9. The minimum atomic E-state index is -0.474. The highest BCUT2D eigenvalue weighted by Gasteiger charge is 2.29. The van der Waals surface area contributed by atoms with Gasteiger partial charge in [-0.1, -0.05) is 96.9 Å². The van der Waals surface area contributed by atoms with Gasteiger partial charge in [0.05, 0.1) is 97.4 Å². The molecule has 0 aromatic carbocycles. The van der Waals surface area contributed by atoms with E-state index in [0.717, 1.165) is 70.6 Å². The third-order valence-electron chi connectivity index (χ3n) is 20.2. The van der Waals surface area contributed by atoms with Gasteiger partial charge in [-0.05, 0) is 188 Å². The molecule has 0 aliphatic heterocycles. The topological polar surface area (TPSA) is 597 Å². The molecule has 0 aromatic heterocycles. The smallest absolute Gasteiger partial charge is 0.325 e. The van der Waals surface area contributed by atoms with Gasteiger partial charge in [0, 0.05) is 109 Å². The quantitative estimate of drug-likeness (QED) is 0.0116. The molecule has 0 saturated carbocycles. The second kappa shape index (κ2) is 101. The van der Waals surface area contributed by atoms with Crippen molar-refractivity contribution in [2.24, 2.45) is 22.7 Å². The van der Waals surface area contributed by atoms with Gasteiger partial charge >= 0.3 is 47.8 Å². The Hall–Kier alpha value is -10.8. The van der Waals surface area contributed by atoms with Gasteiger partial charge in [0.25, 0.3) is 0 Å². The lowest BCUT2D eigenvalue weighted by molar-refractivity contribution is -0.157. The number of ether oxygens (including phenoxy) is 12. The van der Waals surface area contributed by atoms with E-state index in [1.807, 2.05) is 187 Å². The highest BCUT2D eigenvalue weighted by Crippen LogP contribution is 2.23. The van der Waals surface area contributed by atoms with Crippen LogP contribution in [0.5, 0.6) is 0 Å². The highest BCUT2D eigenvalue weighted by molar-refractivity contribution is 5.82. The predicted molar refractivity (Wildman–Crippen MR) is 570 cm³/mol. The van der Waals surface area contributed by atoms with E-state index in [-0.39, 0.29) is 207 Å². The molecule has 6 atom stereocenters. The number of carbonyl (C=O) groups excluding carboxylic acids is 20. The molecule has 148 heavy (non-hydrogen) atoms. The van der Waals surface area contributed by atoms with E-state index in [9.17, 15) is 95.9 Å². The van der Waals surface area contributed by atoms with Crippen molar-refractivity contribution in [3.05, 3.63) is 0 Å². The Balaban J connectivity index is -0.000000136. The Morgan fingerprint density at radius 2 is 0.500 bits per heavy atom. The van der Waals surface area contributed by atoms with E-state index in [1.165, 1.54) is 83.1 Å². The summed E-state index contributed by atoms with van der Waals surface area (Å²) in [5.74, 6) is -3.93. The van der Waals surface area contributed by atoms with Crippen LogP contribution in [0.25, 0.3) is 0 Å². The van der Waals surface area contributed by atoms with Crippen molar-refractivity contribution < 1.29 is 153 Å². The minimum Gasteiger partial charge on any atom is -0.464 e. The van der Waals surface area contributed by atoms with Crippen molar-refractivity contribution in [2.45, 2.75) is 428 Å². The molecule has 0 bridgehead atoms. The van der Waals surface area contributed by atoms with E-state index >= 15 is 0 Å². The first kappa shape index (κ1) is 162. The lowest BCUT2D eigenvalue weighted by Gasteiger charge is -2.23. The zero-order chi connectivity index (χ0) is 118. The third-order valence-corrected chi connectivity index (χ3v) is 20.2. The maximum atomic E-state index is 11.4. The van der Waals surface area contributed by atoms with Gasteiger partial charge < -0.3 is 121 Å². The summed E-state index contributed by atoms with van der Waals surface area (Å²) in [7, 11) is 0. The second-order valence-corrected chi connectivity index (χ2v) is 37.3. The SMILES string of the molecule is CCC(C)(C)C(=O)OCCNC(C)=O.CCC(C)(C)C(=O)OCNC(C)=O.CCC(C)(C)OC(=O)CCNC(C)=O.CCC(C)(C)OC(=O)CNC(C)=O.CCC(C)(C)OCCNC(C)=O.CCC(C)(C)OCNC(C)=O.CCC(C)C(=O)OCCNC(C)=O.CCC(C)C(=O)OCNC(C)=O.CCC(C)OC(=O)CCNC(C)=O.CCC(C)OC(=O)CNC(C)=O.CCC(C)OCCNC(C)=O.CCC(C)OCNC(C)=O. The molecule has 0 aliphatic rings. The maximum Gasteiger partial charge on any atom is 0.325 e. The van der Waals surface area contributed by atoms with Gasteiger partial charge in [0.1, 0.15) is 51.0 Å². The zero-order valence-corrected chi connectivity index (χ0v) is 98.7. The fraction of sp³-hybridized carbons (Fsp3) is 0.808. The van der Waals surface area contributed by atoms with Crippen LogP contribution in [0, 0.1) is 22.7 Å². The van der Waals surface area contributed by atoms with Crippen molar-refractivity contribution in [2.75, 3.05) is 106 Å². The summed E-state index contributed by atoms with van der Waals surface area (Å²) in [6, 6.07) is 0. The monoisotopic (exact) mass is 2130 g/mol. The van der Waals surface area contributed by atoms with Crippen molar-refractivity contribution in [3.63, 3.8) is 0 Å². The van der Waals surface area contributed by atoms with Gasteiger partial charge in [-0.2, -0.15) is 0 Å². The fourth-order valence-electron chi connectivity index (χ4n) is 7.20. The summed E-state index contributed by atoms with van der Waals surface area (Å²) >= 11 is 0. The van der Waals surface area contributed by atoms with Crippen molar-refractivity contribution >= 4 is 119 Å². The number of esters is 8. The van der Waals surface area contributed by atoms with E-state index < -0.39 is 28.0 Å². The van der Waals surface area contributed by atoms with E-state index in [2.05, 4.69) is 77.6 Å². The Labute approximate surface area is 887 Å². The Bertz CT molecular complexity index is 3630. The van der Waals surface area contributed by atoms with Gasteiger partial charge in [-0.25, -0.2) is 0 Å². The maximum absolute atomic E-state index is 11.4. The largest absolute Gasteiger partial charge is 0.464 e. The molecule has 12 N–H and O–H groups in total. The molecule has 6 unspecified atom stereocenters. The number of hydrogen-bond donors (Lipinski definition) is 12. The third kappa shape index (κ3) is 137. The molecule has 0 aromatic rings. The van der Waals surface area contributed by atoms with E-state index in [0.29, 0.717) is 78.5 Å². The first-order valence-electron chi connectivity index (χ1n) is 51.0. The number of hydrogen-bond acceptors (Lipinski definition) is 32. The summed E-state index contributed by atoms with van der Waals surface area (Å²) < 4.78 is 61.0. The van der Waals surface area contributed by atoms with Crippen LogP contribution in [0.2, 0.25) is 0 Å². The molecule has 0 rings (SSSR count). The van der Waals surface area contributed by atoms with Gasteiger partial charge in [-0.15, -0.1) is 0 Å². The molecule has 44 nitrogen and oxygen atoms in total. The average molecular weight is 2130 g/mol. The van der Waals surface area contributed by atoms with Crippen LogP contribution in [0.4, 0.5) is 0 Å². The molecule has 44 heteroatoms. The zero-order valence-electron chi connectivity index (χ0n) is 98.7. The average Bonchev–Trinajstić information content (AvgIpc) is 0.898. The first-order chi connectivity index (χ1) is 68.1. The number of rotatable bonds is 54. The van der Waals surface area contributed by atoms with Crippen molar-refractivity contribution in [3.8, 4) is 0 Å². The second-order valence-electron chi connectivity index (χ2n) is 37.3. The highest BCUT2D eigenvalue weighted by atomic mass is 16.6. The fourth-order valence-corrected chi connectivity index (χ4v) is 7.20. The van der Waals surface area contributed by atoms with Crippen LogP contribution in [-0.4, -0.2) is 271 Å². The number of amides is 12. The summed E-state index contributed by atoms with van der Waals surface area (Å²) in [5.41, 5.74) is -1.97. The normalized spacial score (nSPS) is 11.5. The Morgan fingerprint density at radius 3 is 0.838 bits per heavy atom. The molecule has 0 aliphatic carbocycles. The molecule has 872 valence electrons. The molecule has 0 saturated heterocycles. The van der Waals surface area contributed by atoms with Crippen LogP contribution in [-0.2, 0) is 153 Å². The molecule has 0 fully saturated rings. The Kier molecular flexibility index (Phi) is 111. The summed E-state index contributed by atoms with van der Waals surface area (Å²) in [4.78, 5) is 214. The Morgan fingerprint density at radius 1 is 0.230 bits per heavy atom. The van der Waals surface area contributed by atoms with Crippen LogP contribution in [0.3, 0.4) is 0 Å². The number of carbonyl (C=O) groups is 20. The summed E-state index contributed by atoms with van der Waals surface area (Å²) in [6.45, 7) is 79.6. The molecule has 0 heterocycles. The molecular weight excluding hydrogens is 1930 g/mol. The van der Waals surface area contributed by atoms with E-state index in [4.69, 9.17) is 56.8 Å². The van der Waals surface area contributed by atoms with Crippen LogP contribution in [0.15, 0.2) is 0 Å². The van der Waals surface area contributed by atoms with Crippen LogP contribution < -0.4 is 63.8 Å².